The summed E-state index contributed by atoms with van der Waals surface area (Å²) in [6.07, 6.45) is 6.21. The number of amidine groups is 1. The van der Waals surface area contributed by atoms with E-state index in [0.717, 1.165) is 16.6 Å². The van der Waals surface area contributed by atoms with Crippen LogP contribution in [0, 0.1) is 5.92 Å². The molecule has 5 heteroatoms. The Morgan fingerprint density at radius 3 is 2.81 bits per heavy atom. The standard InChI is InChI=1S/C11H16N4S/c1-8(2)10-3-4-16-11(15-10)14-9-5-12-7-13-6-9/h5-8,10H,3-4H2,1-2H3,(H,14,15). The van der Waals surface area contributed by atoms with Crippen LogP contribution in [0.4, 0.5) is 5.69 Å². The minimum absolute atomic E-state index is 0.438. The van der Waals surface area contributed by atoms with Gasteiger partial charge in [-0.3, -0.25) is 4.99 Å². The number of nitrogens with zero attached hydrogens (tertiary/aromatic N) is 3. The van der Waals surface area contributed by atoms with Gasteiger partial charge in [0.1, 0.15) is 6.33 Å². The second-order valence-corrected chi connectivity index (χ2v) is 5.22. The van der Waals surface area contributed by atoms with Crippen molar-refractivity contribution < 1.29 is 0 Å². The predicted octanol–water partition coefficient (Wildman–Crippen LogP) is 2.41. The third kappa shape index (κ3) is 2.95. The summed E-state index contributed by atoms with van der Waals surface area (Å²) in [5.41, 5.74) is 0.901. The van der Waals surface area contributed by atoms with Crippen LogP contribution in [0.5, 0.6) is 0 Å². The lowest BCUT2D eigenvalue weighted by Crippen LogP contribution is -2.23. The zero-order valence-electron chi connectivity index (χ0n) is 9.55. The van der Waals surface area contributed by atoms with Gasteiger partial charge in [0.05, 0.1) is 24.1 Å². The van der Waals surface area contributed by atoms with Crippen molar-refractivity contribution in [3.8, 4) is 0 Å². The summed E-state index contributed by atoms with van der Waals surface area (Å²) < 4.78 is 0. The van der Waals surface area contributed by atoms with Gasteiger partial charge >= 0.3 is 0 Å². The molecule has 0 saturated carbocycles. The summed E-state index contributed by atoms with van der Waals surface area (Å²) in [5.74, 6) is 1.73. The van der Waals surface area contributed by atoms with Crippen LogP contribution in [0.25, 0.3) is 0 Å². The quantitative estimate of drug-likeness (QED) is 0.856. The molecule has 0 aromatic carbocycles. The highest BCUT2D eigenvalue weighted by Gasteiger charge is 2.18. The summed E-state index contributed by atoms with van der Waals surface area (Å²) >= 11 is 1.76. The molecule has 1 atom stereocenters. The SMILES string of the molecule is CC(C)C1CCSC(Nc2cncnc2)=N1. The van der Waals surface area contributed by atoms with E-state index in [1.807, 2.05) is 0 Å². The highest BCUT2D eigenvalue weighted by Crippen LogP contribution is 2.23. The van der Waals surface area contributed by atoms with Gasteiger partial charge in [-0.05, 0) is 12.3 Å². The van der Waals surface area contributed by atoms with Gasteiger partial charge in [0.15, 0.2) is 5.17 Å². The second kappa shape index (κ2) is 5.30. The molecule has 0 radical (unpaired) electrons. The molecular formula is C11H16N4S. The van der Waals surface area contributed by atoms with E-state index >= 15 is 0 Å². The lowest BCUT2D eigenvalue weighted by atomic mass is 10.0. The number of thioether (sulfide) groups is 1. The molecule has 1 aliphatic rings. The molecule has 1 aromatic rings. The van der Waals surface area contributed by atoms with Crippen molar-refractivity contribution in [2.24, 2.45) is 10.9 Å². The van der Waals surface area contributed by atoms with Crippen molar-refractivity contribution in [1.29, 1.82) is 0 Å². The zero-order chi connectivity index (χ0) is 11.4. The van der Waals surface area contributed by atoms with Crippen LogP contribution < -0.4 is 5.32 Å². The first-order valence-corrected chi connectivity index (χ1v) is 6.47. The summed E-state index contributed by atoms with van der Waals surface area (Å²) in [5, 5.41) is 4.24. The summed E-state index contributed by atoms with van der Waals surface area (Å²) in [4.78, 5) is 12.6. The predicted molar refractivity (Wildman–Crippen MR) is 68.8 cm³/mol. The number of aromatic nitrogens is 2. The molecular weight excluding hydrogens is 220 g/mol. The fourth-order valence-corrected chi connectivity index (χ4v) is 2.52. The topological polar surface area (TPSA) is 50.2 Å². The Morgan fingerprint density at radius 2 is 2.12 bits per heavy atom. The van der Waals surface area contributed by atoms with Gasteiger partial charge < -0.3 is 5.32 Å². The molecule has 16 heavy (non-hydrogen) atoms. The van der Waals surface area contributed by atoms with Crippen molar-refractivity contribution >= 4 is 22.6 Å². The molecule has 0 aliphatic carbocycles. The minimum atomic E-state index is 0.438. The van der Waals surface area contributed by atoms with Crippen LogP contribution in [0.1, 0.15) is 20.3 Å². The second-order valence-electron chi connectivity index (χ2n) is 4.13. The Labute approximate surface area is 100.0 Å². The molecule has 0 amide bonds. The van der Waals surface area contributed by atoms with E-state index in [1.54, 1.807) is 24.2 Å². The fraction of sp³-hybridized carbons (Fsp3) is 0.545. The summed E-state index contributed by atoms with van der Waals surface area (Å²) in [7, 11) is 0. The number of aliphatic imine (C=N–C) groups is 1. The zero-order valence-corrected chi connectivity index (χ0v) is 10.4. The van der Waals surface area contributed by atoms with Crippen LogP contribution in [-0.2, 0) is 0 Å². The summed E-state index contributed by atoms with van der Waals surface area (Å²) in [6, 6.07) is 0.438. The first-order chi connectivity index (χ1) is 7.75. The van der Waals surface area contributed by atoms with Crippen LogP contribution in [-0.4, -0.2) is 26.9 Å². The van der Waals surface area contributed by atoms with Crippen molar-refractivity contribution in [2.45, 2.75) is 26.3 Å². The van der Waals surface area contributed by atoms with Crippen molar-refractivity contribution in [1.82, 2.24) is 9.97 Å². The van der Waals surface area contributed by atoms with Crippen LogP contribution in [0.2, 0.25) is 0 Å². The van der Waals surface area contributed by atoms with Crippen molar-refractivity contribution in [3.63, 3.8) is 0 Å². The van der Waals surface area contributed by atoms with Crippen molar-refractivity contribution in [3.05, 3.63) is 18.7 Å². The van der Waals surface area contributed by atoms with Crippen LogP contribution >= 0.6 is 11.8 Å². The Bertz CT molecular complexity index is 364. The van der Waals surface area contributed by atoms with Gasteiger partial charge in [-0.1, -0.05) is 25.6 Å². The third-order valence-corrected chi connectivity index (χ3v) is 3.44. The van der Waals surface area contributed by atoms with E-state index in [-0.39, 0.29) is 0 Å². The van der Waals surface area contributed by atoms with Gasteiger partial charge in [-0.15, -0.1) is 0 Å². The molecule has 1 unspecified atom stereocenters. The first-order valence-electron chi connectivity index (χ1n) is 5.48. The van der Waals surface area contributed by atoms with E-state index in [2.05, 4.69) is 34.1 Å². The Morgan fingerprint density at radius 1 is 1.38 bits per heavy atom. The number of nitrogens with one attached hydrogen (secondary N) is 1. The normalized spacial score (nSPS) is 20.7. The molecule has 0 bridgehead atoms. The Balaban J connectivity index is 2.04. The monoisotopic (exact) mass is 236 g/mol. The molecule has 1 N–H and O–H groups in total. The van der Waals surface area contributed by atoms with Crippen molar-refractivity contribution in [2.75, 3.05) is 11.1 Å². The van der Waals surface area contributed by atoms with E-state index < -0.39 is 0 Å². The van der Waals surface area contributed by atoms with E-state index in [4.69, 9.17) is 0 Å². The Kier molecular flexibility index (Phi) is 3.77. The molecule has 86 valence electrons. The molecule has 4 nitrogen and oxygen atoms in total. The smallest absolute Gasteiger partial charge is 0.161 e. The average Bonchev–Trinajstić information content (AvgIpc) is 2.30. The minimum Gasteiger partial charge on any atom is -0.332 e. The van der Waals surface area contributed by atoms with E-state index in [9.17, 15) is 0 Å². The largest absolute Gasteiger partial charge is 0.332 e. The fourth-order valence-electron chi connectivity index (χ4n) is 1.57. The maximum absolute atomic E-state index is 4.69. The Hall–Kier alpha value is -1.10. The number of hydrogen-bond acceptors (Lipinski definition) is 5. The molecule has 0 saturated heterocycles. The molecule has 2 heterocycles. The average molecular weight is 236 g/mol. The number of rotatable bonds is 2. The van der Waals surface area contributed by atoms with E-state index in [0.29, 0.717) is 12.0 Å². The third-order valence-electron chi connectivity index (χ3n) is 2.52. The van der Waals surface area contributed by atoms with Gasteiger partial charge in [0.25, 0.3) is 0 Å². The highest BCUT2D eigenvalue weighted by molar-refractivity contribution is 8.14. The molecule has 2 rings (SSSR count). The first kappa shape index (κ1) is 11.4. The van der Waals surface area contributed by atoms with Gasteiger partial charge in [0, 0.05) is 5.75 Å². The van der Waals surface area contributed by atoms with Crippen LogP contribution in [0.3, 0.4) is 0 Å². The number of hydrogen-bond donors (Lipinski definition) is 1. The van der Waals surface area contributed by atoms with Crippen LogP contribution in [0.15, 0.2) is 23.7 Å². The summed E-state index contributed by atoms with van der Waals surface area (Å²) in [6.45, 7) is 4.43. The molecule has 1 aromatic heterocycles. The number of anilines is 1. The van der Waals surface area contributed by atoms with Gasteiger partial charge in [-0.2, -0.15) is 0 Å². The maximum Gasteiger partial charge on any atom is 0.161 e. The molecule has 0 spiro atoms. The maximum atomic E-state index is 4.69. The van der Waals surface area contributed by atoms with Gasteiger partial charge in [0.2, 0.25) is 0 Å². The van der Waals surface area contributed by atoms with Gasteiger partial charge in [-0.25, -0.2) is 9.97 Å². The molecule has 0 fully saturated rings. The lowest BCUT2D eigenvalue weighted by molar-refractivity contribution is 0.485. The molecule has 1 aliphatic heterocycles. The highest BCUT2D eigenvalue weighted by atomic mass is 32.2. The van der Waals surface area contributed by atoms with E-state index in [1.165, 1.54) is 12.7 Å². The lowest BCUT2D eigenvalue weighted by Gasteiger charge is -2.23.